The van der Waals surface area contributed by atoms with Crippen LogP contribution in [0.1, 0.15) is 57.0 Å². The van der Waals surface area contributed by atoms with E-state index in [9.17, 15) is 14.4 Å². The number of fused-ring (bicyclic) bond motifs is 3. The number of hydrogen-bond donors (Lipinski definition) is 3. The second-order valence-corrected chi connectivity index (χ2v) is 12.2. The quantitative estimate of drug-likeness (QED) is 0.219. The molecule has 1 aliphatic rings. The van der Waals surface area contributed by atoms with Crippen LogP contribution in [0.2, 0.25) is 0 Å². The van der Waals surface area contributed by atoms with E-state index >= 15 is 0 Å². The number of hydrazine groups is 1. The number of amides is 2. The SMILES string of the molecule is Cc1cc(Br)c(OCc2ccc(C(=O)NNC(=O)CCc3nc4sc5c(c4c(=O)[nH]3)CCCC5)cc2)c(Br)c1. The molecular formula is C28H26Br2N4O4S. The largest absolute Gasteiger partial charge is 0.487 e. The molecule has 5 rings (SSSR count). The van der Waals surface area contributed by atoms with Crippen LogP contribution in [-0.4, -0.2) is 21.8 Å². The Morgan fingerprint density at radius 2 is 1.79 bits per heavy atom. The molecule has 4 aromatic rings. The fourth-order valence-corrected chi connectivity index (χ4v) is 7.48. The summed E-state index contributed by atoms with van der Waals surface area (Å²) in [6, 6.07) is 10.9. The fraction of sp³-hybridized carbons (Fsp3) is 0.286. The van der Waals surface area contributed by atoms with Crippen molar-refractivity contribution < 1.29 is 14.3 Å². The number of carbonyl (C=O) groups excluding carboxylic acids is 2. The normalized spacial score (nSPS) is 12.7. The number of rotatable bonds is 7. The molecule has 2 amide bonds. The van der Waals surface area contributed by atoms with Gasteiger partial charge in [-0.15, -0.1) is 11.3 Å². The highest BCUT2D eigenvalue weighted by molar-refractivity contribution is 9.11. The first-order valence-electron chi connectivity index (χ1n) is 12.6. The highest BCUT2D eigenvalue weighted by Crippen LogP contribution is 2.35. The van der Waals surface area contributed by atoms with E-state index in [1.54, 1.807) is 35.6 Å². The molecule has 2 aromatic heterocycles. The molecule has 0 unspecified atom stereocenters. The monoisotopic (exact) mass is 672 g/mol. The first-order chi connectivity index (χ1) is 18.8. The maximum absolute atomic E-state index is 12.7. The summed E-state index contributed by atoms with van der Waals surface area (Å²) in [7, 11) is 0. The number of nitrogens with one attached hydrogen (secondary N) is 3. The Labute approximate surface area is 245 Å². The van der Waals surface area contributed by atoms with Gasteiger partial charge in [0.05, 0.1) is 14.3 Å². The van der Waals surface area contributed by atoms with Gasteiger partial charge in [-0.25, -0.2) is 4.98 Å². The molecule has 11 heteroatoms. The Kier molecular flexibility index (Phi) is 8.49. The summed E-state index contributed by atoms with van der Waals surface area (Å²) in [5.41, 5.74) is 8.25. The van der Waals surface area contributed by atoms with E-state index in [-0.39, 0.29) is 24.3 Å². The summed E-state index contributed by atoms with van der Waals surface area (Å²) in [5, 5.41) is 0.698. The smallest absolute Gasteiger partial charge is 0.269 e. The number of aryl methyl sites for hydroxylation is 4. The second kappa shape index (κ2) is 12.0. The van der Waals surface area contributed by atoms with Gasteiger partial charge in [-0.3, -0.25) is 25.2 Å². The van der Waals surface area contributed by atoms with Crippen molar-refractivity contribution in [1.82, 2.24) is 20.8 Å². The second-order valence-electron chi connectivity index (χ2n) is 9.45. The maximum atomic E-state index is 12.7. The van der Waals surface area contributed by atoms with Gasteiger partial charge < -0.3 is 9.72 Å². The van der Waals surface area contributed by atoms with Gasteiger partial charge in [-0.2, -0.15) is 0 Å². The van der Waals surface area contributed by atoms with E-state index < -0.39 is 5.91 Å². The third kappa shape index (κ3) is 6.42. The summed E-state index contributed by atoms with van der Waals surface area (Å²) in [5.74, 6) is 0.363. The summed E-state index contributed by atoms with van der Waals surface area (Å²) in [6.07, 6.45) is 4.47. The van der Waals surface area contributed by atoms with Crippen molar-refractivity contribution in [2.24, 2.45) is 0 Å². The summed E-state index contributed by atoms with van der Waals surface area (Å²) < 4.78 is 7.64. The van der Waals surface area contributed by atoms with Crippen LogP contribution in [0.4, 0.5) is 0 Å². The van der Waals surface area contributed by atoms with Crippen LogP contribution < -0.4 is 21.1 Å². The van der Waals surface area contributed by atoms with Gasteiger partial charge in [0.25, 0.3) is 11.5 Å². The molecule has 2 aromatic carbocycles. The zero-order valence-electron chi connectivity index (χ0n) is 21.2. The molecule has 39 heavy (non-hydrogen) atoms. The number of aromatic amines is 1. The van der Waals surface area contributed by atoms with Gasteiger partial charge in [0.15, 0.2) is 0 Å². The summed E-state index contributed by atoms with van der Waals surface area (Å²) in [4.78, 5) is 46.9. The van der Waals surface area contributed by atoms with Crippen molar-refractivity contribution in [3.05, 3.63) is 88.7 Å². The maximum Gasteiger partial charge on any atom is 0.269 e. The van der Waals surface area contributed by atoms with Gasteiger partial charge in [0, 0.05) is 23.3 Å². The van der Waals surface area contributed by atoms with E-state index in [0.717, 1.165) is 56.1 Å². The molecule has 0 aliphatic heterocycles. The minimum absolute atomic E-state index is 0.0697. The Bertz CT molecular complexity index is 1590. The number of nitrogens with zero attached hydrogens (tertiary/aromatic N) is 1. The lowest BCUT2D eigenvalue weighted by Gasteiger charge is -2.12. The van der Waals surface area contributed by atoms with E-state index in [1.807, 2.05) is 19.1 Å². The Balaban J connectivity index is 1.11. The lowest BCUT2D eigenvalue weighted by atomic mass is 9.97. The zero-order chi connectivity index (χ0) is 27.5. The van der Waals surface area contributed by atoms with E-state index in [2.05, 4.69) is 52.7 Å². The molecule has 0 saturated carbocycles. The van der Waals surface area contributed by atoms with Crippen molar-refractivity contribution in [3.63, 3.8) is 0 Å². The number of ether oxygens (including phenoxy) is 1. The van der Waals surface area contributed by atoms with E-state index in [4.69, 9.17) is 4.74 Å². The van der Waals surface area contributed by atoms with Gasteiger partial charge in [-0.1, -0.05) is 12.1 Å². The van der Waals surface area contributed by atoms with Gasteiger partial charge in [0.2, 0.25) is 5.91 Å². The topological polar surface area (TPSA) is 113 Å². The molecule has 1 aliphatic carbocycles. The van der Waals surface area contributed by atoms with Crippen molar-refractivity contribution in [3.8, 4) is 5.75 Å². The first-order valence-corrected chi connectivity index (χ1v) is 15.0. The lowest BCUT2D eigenvalue weighted by molar-refractivity contribution is -0.121. The molecular weight excluding hydrogens is 648 g/mol. The van der Waals surface area contributed by atoms with Crippen LogP contribution in [0.5, 0.6) is 5.75 Å². The molecule has 0 spiro atoms. The number of benzene rings is 2. The van der Waals surface area contributed by atoms with Crippen LogP contribution in [0.15, 0.2) is 50.1 Å². The predicted molar refractivity (Wildman–Crippen MR) is 158 cm³/mol. The molecule has 0 atom stereocenters. The van der Waals surface area contributed by atoms with E-state index in [0.29, 0.717) is 29.1 Å². The molecule has 202 valence electrons. The number of hydrogen-bond acceptors (Lipinski definition) is 6. The molecule has 0 radical (unpaired) electrons. The summed E-state index contributed by atoms with van der Waals surface area (Å²) in [6.45, 7) is 2.33. The van der Waals surface area contributed by atoms with Gasteiger partial charge >= 0.3 is 0 Å². The Hall–Kier alpha value is -3.02. The standard InChI is InChI=1S/C28H26Br2N4O4S/c1-15-12-19(29)25(20(30)13-15)38-14-16-6-8-17(9-7-16)26(36)34-33-23(35)11-10-22-31-27(37)24-18-4-2-3-5-21(18)39-28(24)32-22/h6-9,12-13H,2-5,10-11,14H2,1H3,(H,33,35)(H,34,36)(H,31,32,37). The molecule has 0 saturated heterocycles. The van der Waals surface area contributed by atoms with Gasteiger partial charge in [-0.05, 0) is 105 Å². The highest BCUT2D eigenvalue weighted by atomic mass is 79.9. The number of carbonyl (C=O) groups is 2. The van der Waals surface area contributed by atoms with Crippen LogP contribution in [0.3, 0.4) is 0 Å². The molecule has 3 N–H and O–H groups in total. The van der Waals surface area contributed by atoms with E-state index in [1.165, 1.54) is 4.88 Å². The minimum Gasteiger partial charge on any atom is -0.487 e. The van der Waals surface area contributed by atoms with Crippen molar-refractivity contribution >= 4 is 65.2 Å². The zero-order valence-corrected chi connectivity index (χ0v) is 25.1. The third-order valence-electron chi connectivity index (χ3n) is 6.52. The van der Waals surface area contributed by atoms with Crippen LogP contribution in [-0.2, 0) is 30.7 Å². The lowest BCUT2D eigenvalue weighted by Crippen LogP contribution is -2.41. The molecule has 2 heterocycles. The van der Waals surface area contributed by atoms with Crippen LogP contribution in [0, 0.1) is 6.92 Å². The van der Waals surface area contributed by atoms with Crippen molar-refractivity contribution in [2.45, 2.75) is 52.1 Å². The van der Waals surface area contributed by atoms with Crippen molar-refractivity contribution in [2.75, 3.05) is 0 Å². The van der Waals surface area contributed by atoms with Gasteiger partial charge in [0.1, 0.15) is 23.0 Å². The number of H-pyrrole nitrogens is 1. The van der Waals surface area contributed by atoms with Crippen LogP contribution >= 0.6 is 43.2 Å². The molecule has 0 fully saturated rings. The summed E-state index contributed by atoms with van der Waals surface area (Å²) >= 11 is 8.61. The Morgan fingerprint density at radius 1 is 1.08 bits per heavy atom. The fourth-order valence-electron chi connectivity index (χ4n) is 4.55. The molecule has 0 bridgehead atoms. The predicted octanol–water partition coefficient (Wildman–Crippen LogP) is 5.67. The first kappa shape index (κ1) is 27.5. The molecule has 8 nitrogen and oxygen atoms in total. The number of aromatic nitrogens is 2. The number of halogens is 2. The average molecular weight is 674 g/mol. The third-order valence-corrected chi connectivity index (χ3v) is 8.88. The highest BCUT2D eigenvalue weighted by Gasteiger charge is 2.20. The minimum atomic E-state index is -0.433. The number of thiophene rings is 1. The van der Waals surface area contributed by atoms with Crippen LogP contribution in [0.25, 0.3) is 10.2 Å². The average Bonchev–Trinajstić information content (AvgIpc) is 3.29. The Morgan fingerprint density at radius 3 is 2.54 bits per heavy atom. The van der Waals surface area contributed by atoms with Crippen molar-refractivity contribution in [1.29, 1.82) is 0 Å².